The van der Waals surface area contributed by atoms with Gasteiger partial charge >= 0.3 is 12.0 Å². The Bertz CT molecular complexity index is 354. The fourth-order valence-corrected chi connectivity index (χ4v) is 1.43. The molecular weight excluding hydrogens is 234 g/mol. The molecule has 0 aliphatic heterocycles. The summed E-state index contributed by atoms with van der Waals surface area (Å²) in [6.07, 6.45) is 1.60. The van der Waals surface area contributed by atoms with Crippen molar-refractivity contribution in [3.63, 3.8) is 0 Å². The number of rotatable bonds is 5. The van der Waals surface area contributed by atoms with Gasteiger partial charge in [-0.25, -0.2) is 9.59 Å². The van der Waals surface area contributed by atoms with E-state index in [2.05, 4.69) is 15.6 Å². The molecule has 0 aliphatic carbocycles. The number of hydrogen-bond donors (Lipinski definition) is 4. The Morgan fingerprint density at radius 3 is 2.81 bits per heavy atom. The van der Waals surface area contributed by atoms with Crippen LogP contribution in [0.15, 0.2) is 11.7 Å². The minimum absolute atomic E-state index is 0.272. The largest absolute Gasteiger partial charge is 0.480 e. The van der Waals surface area contributed by atoms with Crippen molar-refractivity contribution >= 4 is 23.3 Å². The van der Waals surface area contributed by atoms with Crippen molar-refractivity contribution in [2.45, 2.75) is 12.6 Å². The average Bonchev–Trinajstić information content (AvgIpc) is 2.75. The molecule has 0 unspecified atom stereocenters. The third-order valence-corrected chi connectivity index (χ3v) is 2.47. The lowest BCUT2D eigenvalue weighted by Gasteiger charge is -2.11. The highest BCUT2D eigenvalue weighted by molar-refractivity contribution is 7.09. The smallest absolute Gasteiger partial charge is 0.328 e. The van der Waals surface area contributed by atoms with Crippen LogP contribution in [0.3, 0.4) is 0 Å². The summed E-state index contributed by atoms with van der Waals surface area (Å²) in [7, 11) is 0. The summed E-state index contributed by atoms with van der Waals surface area (Å²) in [6.45, 7) is -0.377. The number of urea groups is 1. The molecule has 88 valence electrons. The van der Waals surface area contributed by atoms with E-state index >= 15 is 0 Å². The molecular formula is C8H11N3O4S. The molecule has 0 aromatic carbocycles. The van der Waals surface area contributed by atoms with E-state index in [9.17, 15) is 9.59 Å². The summed E-state index contributed by atoms with van der Waals surface area (Å²) < 4.78 is 0. The second kappa shape index (κ2) is 6.03. The Morgan fingerprint density at radius 2 is 2.31 bits per heavy atom. The molecule has 0 saturated carbocycles. The van der Waals surface area contributed by atoms with Crippen LogP contribution in [0.2, 0.25) is 0 Å². The molecule has 0 saturated heterocycles. The Kier molecular flexibility index (Phi) is 4.67. The number of nitrogens with one attached hydrogen (secondary N) is 2. The van der Waals surface area contributed by atoms with Crippen LogP contribution in [-0.2, 0) is 11.3 Å². The van der Waals surface area contributed by atoms with Crippen molar-refractivity contribution in [1.82, 2.24) is 15.6 Å². The zero-order valence-electron chi connectivity index (χ0n) is 8.21. The van der Waals surface area contributed by atoms with Gasteiger partial charge in [0.15, 0.2) is 6.04 Å². The zero-order chi connectivity index (χ0) is 12.0. The predicted octanol–water partition coefficient (Wildman–Crippen LogP) is -0.612. The van der Waals surface area contributed by atoms with Crippen LogP contribution in [0.5, 0.6) is 0 Å². The maximum absolute atomic E-state index is 11.2. The normalized spacial score (nSPS) is 11.8. The summed E-state index contributed by atoms with van der Waals surface area (Å²) in [5.41, 5.74) is 1.63. The number of hydrogen-bond acceptors (Lipinski definition) is 5. The summed E-state index contributed by atoms with van der Waals surface area (Å²) in [6, 6.07) is -1.93. The molecule has 0 bridgehead atoms. The molecule has 1 aromatic rings. The van der Waals surface area contributed by atoms with Crippen LogP contribution in [0.4, 0.5) is 4.79 Å². The first-order valence-corrected chi connectivity index (χ1v) is 5.27. The molecule has 0 aliphatic rings. The fourth-order valence-electron chi connectivity index (χ4n) is 0.892. The maximum Gasteiger partial charge on any atom is 0.328 e. The number of aliphatic carboxylic acids is 1. The van der Waals surface area contributed by atoms with Crippen LogP contribution in [0.1, 0.15) is 4.88 Å². The second-order valence-electron chi connectivity index (χ2n) is 2.87. The van der Waals surface area contributed by atoms with Crippen molar-refractivity contribution in [3.8, 4) is 0 Å². The van der Waals surface area contributed by atoms with Crippen LogP contribution in [-0.4, -0.2) is 39.8 Å². The number of aliphatic hydroxyl groups excluding tert-OH is 1. The molecule has 4 N–H and O–H groups in total. The monoisotopic (exact) mass is 245 g/mol. The van der Waals surface area contributed by atoms with Crippen molar-refractivity contribution in [2.24, 2.45) is 0 Å². The number of thiazole rings is 1. The lowest BCUT2D eigenvalue weighted by Crippen LogP contribution is -2.47. The number of carbonyl (C=O) groups is 2. The number of aromatic nitrogens is 1. The first-order chi connectivity index (χ1) is 7.63. The van der Waals surface area contributed by atoms with Crippen LogP contribution in [0, 0.1) is 0 Å². The van der Waals surface area contributed by atoms with E-state index < -0.39 is 24.6 Å². The number of carbonyl (C=O) groups excluding carboxylic acids is 1. The summed E-state index contributed by atoms with van der Waals surface area (Å²) >= 11 is 1.38. The summed E-state index contributed by atoms with van der Waals surface area (Å²) in [5.74, 6) is -1.28. The standard InChI is InChI=1S/C8H11N3O4S/c12-3-6(7(13)14)11-8(15)10-2-5-1-9-4-16-5/h1,4,6,12H,2-3H2,(H,13,14)(H2,10,11,15)/t6-/m0/s1. The number of amides is 2. The van der Waals surface area contributed by atoms with Gasteiger partial charge in [0.2, 0.25) is 0 Å². The lowest BCUT2D eigenvalue weighted by atomic mass is 10.3. The van der Waals surface area contributed by atoms with Gasteiger partial charge in [0.05, 0.1) is 18.7 Å². The van der Waals surface area contributed by atoms with Gasteiger partial charge in [-0.3, -0.25) is 4.98 Å². The highest BCUT2D eigenvalue weighted by atomic mass is 32.1. The molecule has 1 atom stereocenters. The van der Waals surface area contributed by atoms with E-state index in [1.165, 1.54) is 11.3 Å². The van der Waals surface area contributed by atoms with Crippen LogP contribution in [0.25, 0.3) is 0 Å². The SMILES string of the molecule is O=C(NCc1cncs1)N[C@@H](CO)C(=O)O. The minimum atomic E-state index is -1.29. The van der Waals surface area contributed by atoms with Gasteiger partial charge < -0.3 is 20.8 Å². The maximum atomic E-state index is 11.2. The van der Waals surface area contributed by atoms with Crippen LogP contribution >= 0.6 is 11.3 Å². The average molecular weight is 245 g/mol. The summed E-state index contributed by atoms with van der Waals surface area (Å²) in [5, 5.41) is 21.8. The highest BCUT2D eigenvalue weighted by Gasteiger charge is 2.18. The van der Waals surface area contributed by atoms with Crippen molar-refractivity contribution in [1.29, 1.82) is 0 Å². The van der Waals surface area contributed by atoms with E-state index in [0.29, 0.717) is 0 Å². The Balaban J connectivity index is 2.33. The molecule has 0 fully saturated rings. The highest BCUT2D eigenvalue weighted by Crippen LogP contribution is 2.03. The molecule has 0 radical (unpaired) electrons. The fraction of sp³-hybridized carbons (Fsp3) is 0.375. The van der Waals surface area contributed by atoms with Gasteiger partial charge in [0.25, 0.3) is 0 Å². The molecule has 0 spiro atoms. The van der Waals surface area contributed by atoms with Gasteiger partial charge in [0.1, 0.15) is 0 Å². The molecule has 7 nitrogen and oxygen atoms in total. The van der Waals surface area contributed by atoms with E-state index in [-0.39, 0.29) is 6.54 Å². The Hall–Kier alpha value is -1.67. The zero-order valence-corrected chi connectivity index (χ0v) is 9.03. The summed E-state index contributed by atoms with van der Waals surface area (Å²) in [4.78, 5) is 26.4. The minimum Gasteiger partial charge on any atom is -0.480 e. The molecule has 2 amide bonds. The molecule has 1 rings (SSSR count). The van der Waals surface area contributed by atoms with Crippen molar-refractivity contribution < 1.29 is 19.8 Å². The number of carboxylic acids is 1. The third-order valence-electron chi connectivity index (χ3n) is 1.69. The van der Waals surface area contributed by atoms with Crippen molar-refractivity contribution in [3.05, 3.63) is 16.6 Å². The topological polar surface area (TPSA) is 112 Å². The van der Waals surface area contributed by atoms with E-state index in [0.717, 1.165) is 4.88 Å². The Morgan fingerprint density at radius 1 is 1.56 bits per heavy atom. The molecule has 16 heavy (non-hydrogen) atoms. The first kappa shape index (κ1) is 12.4. The second-order valence-corrected chi connectivity index (χ2v) is 3.84. The number of nitrogens with zero attached hydrogens (tertiary/aromatic N) is 1. The van der Waals surface area contributed by atoms with Gasteiger partial charge in [-0.2, -0.15) is 0 Å². The van der Waals surface area contributed by atoms with Gasteiger partial charge in [-0.05, 0) is 0 Å². The molecule has 1 aromatic heterocycles. The van der Waals surface area contributed by atoms with Gasteiger partial charge in [-0.1, -0.05) is 0 Å². The van der Waals surface area contributed by atoms with E-state index in [1.54, 1.807) is 11.7 Å². The quantitative estimate of drug-likeness (QED) is 0.553. The Labute approximate surface area is 95.1 Å². The lowest BCUT2D eigenvalue weighted by molar-refractivity contribution is -0.140. The van der Waals surface area contributed by atoms with E-state index in [4.69, 9.17) is 10.2 Å². The predicted molar refractivity (Wildman–Crippen MR) is 56.0 cm³/mol. The van der Waals surface area contributed by atoms with E-state index in [1.807, 2.05) is 0 Å². The first-order valence-electron chi connectivity index (χ1n) is 4.39. The number of carboxylic acid groups (broad SMARTS) is 1. The van der Waals surface area contributed by atoms with Crippen LogP contribution < -0.4 is 10.6 Å². The van der Waals surface area contributed by atoms with Gasteiger partial charge in [-0.15, -0.1) is 11.3 Å². The third kappa shape index (κ3) is 3.83. The molecule has 1 heterocycles. The van der Waals surface area contributed by atoms with Crippen molar-refractivity contribution in [2.75, 3.05) is 6.61 Å². The molecule has 8 heteroatoms. The van der Waals surface area contributed by atoms with Gasteiger partial charge in [0, 0.05) is 11.1 Å². The number of aliphatic hydroxyl groups is 1.